The van der Waals surface area contributed by atoms with Crippen molar-refractivity contribution in [2.75, 3.05) is 38.8 Å². The Labute approximate surface area is 193 Å². The number of carbonyl (C=O) groups is 3. The van der Waals surface area contributed by atoms with E-state index >= 15 is 0 Å². The van der Waals surface area contributed by atoms with Crippen LogP contribution in [-0.4, -0.2) is 56.5 Å². The minimum atomic E-state index is -0.444. The van der Waals surface area contributed by atoms with Crippen LogP contribution < -0.4 is 19.7 Å². The maximum absolute atomic E-state index is 12.8. The molecule has 1 atom stereocenters. The molecule has 8 nitrogen and oxygen atoms in total. The summed E-state index contributed by atoms with van der Waals surface area (Å²) in [7, 11) is 3.09. The van der Waals surface area contributed by atoms with Gasteiger partial charge in [-0.3, -0.25) is 14.4 Å². The maximum atomic E-state index is 12.8. The summed E-state index contributed by atoms with van der Waals surface area (Å²) in [6.07, 6.45) is 2.23. The van der Waals surface area contributed by atoms with Gasteiger partial charge in [0.25, 0.3) is 5.91 Å². The third kappa shape index (κ3) is 4.94. The Morgan fingerprint density at radius 3 is 2.52 bits per heavy atom. The van der Waals surface area contributed by atoms with Gasteiger partial charge >= 0.3 is 0 Å². The zero-order valence-corrected chi connectivity index (χ0v) is 19.0. The molecule has 3 amide bonds. The van der Waals surface area contributed by atoms with E-state index in [0.717, 1.165) is 31.5 Å². The number of amides is 3. The first-order chi connectivity index (χ1) is 16.0. The van der Waals surface area contributed by atoms with Crippen LogP contribution in [0.3, 0.4) is 0 Å². The van der Waals surface area contributed by atoms with Crippen molar-refractivity contribution in [3.63, 3.8) is 0 Å². The van der Waals surface area contributed by atoms with Crippen molar-refractivity contribution < 1.29 is 23.9 Å². The van der Waals surface area contributed by atoms with E-state index in [4.69, 9.17) is 9.47 Å². The first-order valence-corrected chi connectivity index (χ1v) is 11.2. The van der Waals surface area contributed by atoms with Crippen LogP contribution in [0.25, 0.3) is 0 Å². The number of methoxy groups -OCH3 is 2. The van der Waals surface area contributed by atoms with E-state index in [-0.39, 0.29) is 24.1 Å². The highest BCUT2D eigenvalue weighted by Gasteiger charge is 2.35. The van der Waals surface area contributed by atoms with Gasteiger partial charge in [-0.25, -0.2) is 0 Å². The van der Waals surface area contributed by atoms with Crippen LogP contribution in [0.15, 0.2) is 42.5 Å². The minimum Gasteiger partial charge on any atom is -0.493 e. The Kier molecular flexibility index (Phi) is 6.82. The van der Waals surface area contributed by atoms with Gasteiger partial charge in [-0.1, -0.05) is 12.1 Å². The van der Waals surface area contributed by atoms with Crippen LogP contribution in [0, 0.1) is 5.92 Å². The Morgan fingerprint density at radius 2 is 1.79 bits per heavy atom. The molecule has 0 aliphatic carbocycles. The number of hydrogen-bond donors (Lipinski definition) is 1. The van der Waals surface area contributed by atoms with Crippen molar-refractivity contribution >= 4 is 23.4 Å². The van der Waals surface area contributed by atoms with Crippen LogP contribution in [0.2, 0.25) is 0 Å². The topological polar surface area (TPSA) is 88.2 Å². The fraction of sp³-hybridized carbons (Fsp3) is 0.400. The van der Waals surface area contributed by atoms with E-state index in [0.29, 0.717) is 35.8 Å². The lowest BCUT2D eigenvalue weighted by Crippen LogP contribution is -2.32. The molecule has 33 heavy (non-hydrogen) atoms. The molecule has 8 heteroatoms. The molecule has 2 saturated heterocycles. The van der Waals surface area contributed by atoms with Gasteiger partial charge in [0, 0.05) is 49.9 Å². The van der Waals surface area contributed by atoms with Gasteiger partial charge in [0.2, 0.25) is 11.8 Å². The zero-order chi connectivity index (χ0) is 23.4. The highest BCUT2D eigenvalue weighted by atomic mass is 16.5. The molecule has 2 fully saturated rings. The molecule has 2 aliphatic rings. The molecule has 0 bridgehead atoms. The van der Waals surface area contributed by atoms with Gasteiger partial charge in [-0.05, 0) is 42.7 Å². The molecule has 0 saturated carbocycles. The van der Waals surface area contributed by atoms with Crippen LogP contribution in [0.5, 0.6) is 11.5 Å². The van der Waals surface area contributed by atoms with Gasteiger partial charge in [-0.2, -0.15) is 0 Å². The highest BCUT2D eigenvalue weighted by molar-refractivity contribution is 6.00. The number of ether oxygens (including phenoxy) is 2. The van der Waals surface area contributed by atoms with Gasteiger partial charge in [0.15, 0.2) is 11.5 Å². The average molecular weight is 452 g/mol. The molecule has 0 aromatic heterocycles. The smallest absolute Gasteiger partial charge is 0.253 e. The fourth-order valence-corrected chi connectivity index (χ4v) is 4.38. The van der Waals surface area contributed by atoms with Crippen LogP contribution in [0.4, 0.5) is 5.69 Å². The molecule has 1 unspecified atom stereocenters. The molecule has 0 spiro atoms. The lowest BCUT2D eigenvalue weighted by molar-refractivity contribution is -0.126. The third-order valence-electron chi connectivity index (χ3n) is 6.21. The Balaban J connectivity index is 1.36. The van der Waals surface area contributed by atoms with Gasteiger partial charge in [0.05, 0.1) is 20.1 Å². The van der Waals surface area contributed by atoms with Crippen LogP contribution in [0.1, 0.15) is 35.2 Å². The van der Waals surface area contributed by atoms with E-state index in [1.165, 1.54) is 7.11 Å². The monoisotopic (exact) mass is 451 g/mol. The molecule has 0 radical (unpaired) electrons. The number of benzene rings is 2. The molecule has 4 rings (SSSR count). The van der Waals surface area contributed by atoms with Gasteiger partial charge in [-0.15, -0.1) is 0 Å². The number of rotatable bonds is 7. The van der Waals surface area contributed by atoms with Gasteiger partial charge < -0.3 is 24.6 Å². The predicted octanol–water partition coefficient (Wildman–Crippen LogP) is 2.61. The third-order valence-corrected chi connectivity index (χ3v) is 6.21. The molecular weight excluding hydrogens is 422 g/mol. The number of likely N-dealkylation sites (tertiary alicyclic amines) is 1. The summed E-state index contributed by atoms with van der Waals surface area (Å²) in [5.41, 5.74) is 2.16. The molecule has 1 N–H and O–H groups in total. The fourth-order valence-electron chi connectivity index (χ4n) is 4.38. The number of nitrogens with zero attached hydrogens (tertiary/aromatic N) is 2. The van der Waals surface area contributed by atoms with E-state index < -0.39 is 5.92 Å². The average Bonchev–Trinajstić information content (AvgIpc) is 3.52. The molecular formula is C25H29N3O5. The Morgan fingerprint density at radius 1 is 1.03 bits per heavy atom. The van der Waals surface area contributed by atoms with Crippen LogP contribution >= 0.6 is 0 Å². The van der Waals surface area contributed by atoms with Crippen molar-refractivity contribution in [2.45, 2.75) is 25.8 Å². The van der Waals surface area contributed by atoms with E-state index in [1.54, 1.807) is 30.2 Å². The molecule has 2 aliphatic heterocycles. The van der Waals surface area contributed by atoms with E-state index in [9.17, 15) is 14.4 Å². The number of nitrogens with one attached hydrogen (secondary N) is 1. The standard InChI is InChI=1S/C25H29N3O5/c1-32-21-9-8-20(14-22(21)33-2)28-16-19(13-23(28)29)24(30)26-15-17-6-5-7-18(12-17)25(31)27-10-3-4-11-27/h5-9,12,14,19H,3-4,10-11,13,15-16H2,1-2H3,(H,26,30). The maximum Gasteiger partial charge on any atom is 0.253 e. The second-order valence-electron chi connectivity index (χ2n) is 8.36. The summed E-state index contributed by atoms with van der Waals surface area (Å²) < 4.78 is 10.6. The normalized spacial score (nSPS) is 17.9. The predicted molar refractivity (Wildman–Crippen MR) is 123 cm³/mol. The Bertz CT molecular complexity index is 1050. The molecule has 2 heterocycles. The summed E-state index contributed by atoms with van der Waals surface area (Å²) in [4.78, 5) is 41.5. The minimum absolute atomic E-state index is 0.0348. The van der Waals surface area contributed by atoms with Crippen LogP contribution in [-0.2, 0) is 16.1 Å². The summed E-state index contributed by atoms with van der Waals surface area (Å²) in [5, 5.41) is 2.92. The van der Waals surface area contributed by atoms with E-state index in [2.05, 4.69) is 5.32 Å². The molecule has 2 aromatic rings. The quantitative estimate of drug-likeness (QED) is 0.699. The lowest BCUT2D eigenvalue weighted by atomic mass is 10.1. The number of hydrogen-bond acceptors (Lipinski definition) is 5. The number of carbonyl (C=O) groups excluding carboxylic acids is 3. The van der Waals surface area contributed by atoms with Crippen molar-refractivity contribution in [3.05, 3.63) is 53.6 Å². The van der Waals surface area contributed by atoms with Crippen molar-refractivity contribution in [1.29, 1.82) is 0 Å². The zero-order valence-electron chi connectivity index (χ0n) is 19.0. The largest absolute Gasteiger partial charge is 0.493 e. The van der Waals surface area contributed by atoms with E-state index in [1.807, 2.05) is 29.2 Å². The first kappa shape index (κ1) is 22.6. The summed E-state index contributed by atoms with van der Waals surface area (Å²) in [5.74, 6) is 0.405. The Hall–Kier alpha value is -3.55. The SMILES string of the molecule is COc1ccc(N2CC(C(=O)NCc3cccc(C(=O)N4CCCC4)c3)CC2=O)cc1OC. The second kappa shape index (κ2) is 9.94. The lowest BCUT2D eigenvalue weighted by Gasteiger charge is -2.18. The molecule has 174 valence electrons. The second-order valence-corrected chi connectivity index (χ2v) is 8.36. The number of anilines is 1. The first-order valence-electron chi connectivity index (χ1n) is 11.2. The highest BCUT2D eigenvalue weighted by Crippen LogP contribution is 2.34. The molecule has 2 aromatic carbocycles. The van der Waals surface area contributed by atoms with Crippen molar-refractivity contribution in [2.24, 2.45) is 5.92 Å². The summed E-state index contributed by atoms with van der Waals surface area (Å²) >= 11 is 0. The summed E-state index contributed by atoms with van der Waals surface area (Å²) in [6.45, 7) is 2.20. The van der Waals surface area contributed by atoms with Gasteiger partial charge in [0.1, 0.15) is 0 Å². The summed E-state index contributed by atoms with van der Waals surface area (Å²) in [6, 6.07) is 12.6. The van der Waals surface area contributed by atoms with Crippen molar-refractivity contribution in [1.82, 2.24) is 10.2 Å². The van der Waals surface area contributed by atoms with Crippen molar-refractivity contribution in [3.8, 4) is 11.5 Å².